The van der Waals surface area contributed by atoms with E-state index in [0.717, 1.165) is 0 Å². The van der Waals surface area contributed by atoms with Crippen LogP contribution in [0.4, 0.5) is 0 Å². The molecule has 1 N–H and O–H groups in total. The van der Waals surface area contributed by atoms with Gasteiger partial charge in [0.15, 0.2) is 0 Å². The first-order chi connectivity index (χ1) is 8.06. The van der Waals surface area contributed by atoms with Crippen LogP contribution >= 0.6 is 11.6 Å². The van der Waals surface area contributed by atoms with Gasteiger partial charge in [-0.2, -0.15) is 0 Å². The van der Waals surface area contributed by atoms with Crippen molar-refractivity contribution >= 4 is 19.7 Å². The van der Waals surface area contributed by atoms with E-state index in [-0.39, 0.29) is 5.75 Å². The van der Waals surface area contributed by atoms with E-state index in [9.17, 15) is 5.11 Å². The summed E-state index contributed by atoms with van der Waals surface area (Å²) in [5.41, 5.74) is 4.13. The van der Waals surface area contributed by atoms with Crippen LogP contribution in [0.15, 0.2) is 18.2 Å². The third-order valence-corrected chi connectivity index (χ3v) is 8.40. The molecule has 0 aromatic heterocycles. The monoisotopic (exact) mass is 266 g/mol. The zero-order valence-electron chi connectivity index (χ0n) is 10.7. The highest BCUT2D eigenvalue weighted by Crippen LogP contribution is 2.23. The van der Waals surface area contributed by atoms with Crippen molar-refractivity contribution < 1.29 is 5.11 Å². The van der Waals surface area contributed by atoms with Crippen LogP contribution < -0.4 is 0 Å². The maximum atomic E-state index is 9.73. The molecular formula is C14H19ClOSi. The zero-order chi connectivity index (χ0) is 12.9. The molecule has 0 saturated carbocycles. The number of rotatable bonds is 3. The van der Waals surface area contributed by atoms with E-state index in [1.165, 1.54) is 18.1 Å². The second-order valence-corrected chi connectivity index (χ2v) is 9.62. The molecule has 0 aliphatic heterocycles. The number of halogens is 1. The molecule has 0 bridgehead atoms. The standard InChI is InChI=1S/C14H19ClOSi/c1-4-17(5-2,6-3)10-9-12-7-8-13(15)11-14(12)16/h7-8,11,16H,4-6H2,1-3H3. The lowest BCUT2D eigenvalue weighted by molar-refractivity contribution is 0.474. The van der Waals surface area contributed by atoms with Crippen molar-refractivity contribution in [2.75, 3.05) is 0 Å². The molecule has 0 fully saturated rings. The van der Waals surface area contributed by atoms with Gasteiger partial charge in [-0.05, 0) is 36.3 Å². The molecule has 0 radical (unpaired) electrons. The summed E-state index contributed by atoms with van der Waals surface area (Å²) >= 11 is 5.79. The first-order valence-corrected chi connectivity index (χ1v) is 9.08. The van der Waals surface area contributed by atoms with E-state index in [1.807, 2.05) is 0 Å². The Morgan fingerprint density at radius 1 is 1.18 bits per heavy atom. The van der Waals surface area contributed by atoms with E-state index >= 15 is 0 Å². The summed E-state index contributed by atoms with van der Waals surface area (Å²) in [4.78, 5) is 0. The Balaban J connectivity index is 3.05. The number of benzene rings is 1. The molecule has 92 valence electrons. The Bertz CT molecular complexity index is 433. The van der Waals surface area contributed by atoms with Crippen LogP contribution in [0, 0.1) is 11.5 Å². The molecule has 0 heterocycles. The van der Waals surface area contributed by atoms with Crippen molar-refractivity contribution in [1.82, 2.24) is 0 Å². The second-order valence-electron chi connectivity index (χ2n) is 4.25. The van der Waals surface area contributed by atoms with Crippen LogP contribution in [-0.2, 0) is 0 Å². The Labute approximate surface area is 110 Å². The van der Waals surface area contributed by atoms with Gasteiger partial charge in [0.2, 0.25) is 0 Å². The van der Waals surface area contributed by atoms with Gasteiger partial charge in [-0.25, -0.2) is 0 Å². The van der Waals surface area contributed by atoms with Crippen LogP contribution in [0.1, 0.15) is 26.3 Å². The fourth-order valence-corrected chi connectivity index (χ4v) is 4.42. The summed E-state index contributed by atoms with van der Waals surface area (Å²) in [6.45, 7) is 6.65. The van der Waals surface area contributed by atoms with Crippen LogP contribution in [-0.4, -0.2) is 13.2 Å². The lowest BCUT2D eigenvalue weighted by Gasteiger charge is -2.20. The fraction of sp³-hybridized carbons (Fsp3) is 0.429. The molecule has 0 saturated heterocycles. The molecule has 0 aliphatic rings. The number of hydrogen-bond acceptors (Lipinski definition) is 1. The highest BCUT2D eigenvalue weighted by Gasteiger charge is 2.24. The second kappa shape index (κ2) is 6.14. The molecular weight excluding hydrogens is 248 g/mol. The van der Waals surface area contributed by atoms with Gasteiger partial charge in [-0.1, -0.05) is 38.3 Å². The van der Waals surface area contributed by atoms with Gasteiger partial charge in [0, 0.05) is 5.02 Å². The molecule has 1 nitrogen and oxygen atoms in total. The minimum Gasteiger partial charge on any atom is -0.507 e. The van der Waals surface area contributed by atoms with Gasteiger partial charge < -0.3 is 5.11 Å². The Kier molecular flexibility index (Phi) is 5.11. The Hall–Kier alpha value is -0.913. The minimum absolute atomic E-state index is 0.177. The lowest BCUT2D eigenvalue weighted by Crippen LogP contribution is -2.29. The number of hydrogen-bond donors (Lipinski definition) is 1. The zero-order valence-corrected chi connectivity index (χ0v) is 12.4. The van der Waals surface area contributed by atoms with E-state index in [4.69, 9.17) is 11.6 Å². The smallest absolute Gasteiger partial charge is 0.138 e. The van der Waals surface area contributed by atoms with Crippen LogP contribution in [0.3, 0.4) is 0 Å². The van der Waals surface area contributed by atoms with E-state index in [0.29, 0.717) is 10.6 Å². The van der Waals surface area contributed by atoms with E-state index in [2.05, 4.69) is 32.2 Å². The van der Waals surface area contributed by atoms with Crippen molar-refractivity contribution in [3.63, 3.8) is 0 Å². The van der Waals surface area contributed by atoms with Gasteiger partial charge in [-0.3, -0.25) is 0 Å². The maximum absolute atomic E-state index is 9.73. The Morgan fingerprint density at radius 2 is 1.76 bits per heavy atom. The van der Waals surface area contributed by atoms with Crippen LogP contribution in [0.25, 0.3) is 0 Å². The van der Waals surface area contributed by atoms with Gasteiger partial charge in [0.25, 0.3) is 0 Å². The minimum atomic E-state index is -1.44. The van der Waals surface area contributed by atoms with Crippen molar-refractivity contribution in [1.29, 1.82) is 0 Å². The molecule has 0 spiro atoms. The average Bonchev–Trinajstić information content (AvgIpc) is 2.33. The maximum Gasteiger partial charge on any atom is 0.138 e. The lowest BCUT2D eigenvalue weighted by atomic mass is 10.2. The quantitative estimate of drug-likeness (QED) is 0.633. The van der Waals surface area contributed by atoms with Gasteiger partial charge in [-0.15, -0.1) is 5.54 Å². The third-order valence-electron chi connectivity index (χ3n) is 3.45. The topological polar surface area (TPSA) is 20.2 Å². The summed E-state index contributed by atoms with van der Waals surface area (Å²) in [7, 11) is -1.44. The average molecular weight is 267 g/mol. The van der Waals surface area contributed by atoms with Crippen molar-refractivity contribution in [2.24, 2.45) is 0 Å². The SMILES string of the molecule is CC[Si](C#Cc1ccc(Cl)cc1O)(CC)CC. The van der Waals surface area contributed by atoms with E-state index in [1.54, 1.807) is 18.2 Å². The molecule has 3 heteroatoms. The molecule has 0 atom stereocenters. The van der Waals surface area contributed by atoms with Crippen molar-refractivity contribution in [3.05, 3.63) is 28.8 Å². The number of phenols is 1. The highest BCUT2D eigenvalue weighted by molar-refractivity contribution is 6.87. The molecule has 1 aromatic carbocycles. The predicted molar refractivity (Wildman–Crippen MR) is 77.2 cm³/mol. The number of aromatic hydroxyl groups is 1. The van der Waals surface area contributed by atoms with Gasteiger partial charge >= 0.3 is 0 Å². The first kappa shape index (κ1) is 14.1. The third kappa shape index (κ3) is 3.52. The summed E-state index contributed by atoms with van der Waals surface area (Å²) < 4.78 is 0. The molecule has 0 amide bonds. The molecule has 0 unspecified atom stereocenters. The summed E-state index contributed by atoms with van der Waals surface area (Å²) in [5.74, 6) is 3.31. The molecule has 1 aromatic rings. The summed E-state index contributed by atoms with van der Waals surface area (Å²) in [6.07, 6.45) is 0. The van der Waals surface area contributed by atoms with Crippen LogP contribution in [0.5, 0.6) is 5.75 Å². The van der Waals surface area contributed by atoms with E-state index < -0.39 is 8.07 Å². The van der Waals surface area contributed by atoms with Crippen molar-refractivity contribution in [3.8, 4) is 17.2 Å². The first-order valence-electron chi connectivity index (χ1n) is 6.08. The normalized spacial score (nSPS) is 10.8. The van der Waals surface area contributed by atoms with Gasteiger partial charge in [0.1, 0.15) is 13.8 Å². The molecule has 1 rings (SSSR count). The summed E-state index contributed by atoms with van der Waals surface area (Å²) in [5, 5.41) is 10.3. The predicted octanol–water partition coefficient (Wildman–Crippen LogP) is 4.44. The largest absolute Gasteiger partial charge is 0.507 e. The van der Waals surface area contributed by atoms with Gasteiger partial charge in [0.05, 0.1) is 5.56 Å². The fourth-order valence-electron chi connectivity index (χ4n) is 1.83. The van der Waals surface area contributed by atoms with Crippen molar-refractivity contribution in [2.45, 2.75) is 38.9 Å². The Morgan fingerprint density at radius 3 is 2.24 bits per heavy atom. The number of phenolic OH excluding ortho intramolecular Hbond substituents is 1. The highest BCUT2D eigenvalue weighted by atomic mass is 35.5. The molecule has 0 aliphatic carbocycles. The summed E-state index contributed by atoms with van der Waals surface area (Å²) in [6, 6.07) is 8.59. The molecule has 17 heavy (non-hydrogen) atoms. The van der Waals surface area contributed by atoms with Crippen LogP contribution in [0.2, 0.25) is 23.2 Å².